The minimum atomic E-state index is -0.380. The Morgan fingerprint density at radius 3 is 3.08 bits per heavy atom. The number of ether oxygens (including phenoxy) is 2. The molecule has 0 aromatic rings. The Hall–Kier alpha value is -0.830. The molecule has 0 N–H and O–H groups in total. The summed E-state index contributed by atoms with van der Waals surface area (Å²) in [6.45, 7) is 4.83. The zero-order valence-corrected chi connectivity index (χ0v) is 8.21. The third-order valence-electron chi connectivity index (χ3n) is 1.96. The summed E-state index contributed by atoms with van der Waals surface area (Å²) in [5.74, 6) is 0.439. The Morgan fingerprint density at radius 2 is 2.54 bits per heavy atom. The molecule has 1 aliphatic rings. The molecule has 0 saturated carbocycles. The molecular formula is C10H16O3. The number of hydrogen-bond donors (Lipinski definition) is 0. The molecule has 0 fully saturated rings. The van der Waals surface area contributed by atoms with Crippen molar-refractivity contribution in [3.8, 4) is 0 Å². The van der Waals surface area contributed by atoms with Crippen molar-refractivity contribution in [1.29, 1.82) is 0 Å². The summed E-state index contributed by atoms with van der Waals surface area (Å²) in [6.07, 6.45) is 3.40. The molecule has 0 aliphatic carbocycles. The molecule has 1 rings (SSSR count). The summed E-state index contributed by atoms with van der Waals surface area (Å²) in [7, 11) is 0. The van der Waals surface area contributed by atoms with Gasteiger partial charge in [-0.05, 0) is 32.8 Å². The van der Waals surface area contributed by atoms with Crippen LogP contribution in [0.15, 0.2) is 11.8 Å². The minimum Gasteiger partial charge on any atom is -0.490 e. The van der Waals surface area contributed by atoms with Crippen LogP contribution in [0.1, 0.15) is 26.7 Å². The van der Waals surface area contributed by atoms with Gasteiger partial charge in [0.1, 0.15) is 6.10 Å². The van der Waals surface area contributed by atoms with Crippen LogP contribution in [-0.2, 0) is 14.3 Å². The van der Waals surface area contributed by atoms with Gasteiger partial charge in [0.25, 0.3) is 0 Å². The van der Waals surface area contributed by atoms with Crippen LogP contribution < -0.4 is 0 Å². The minimum absolute atomic E-state index is 0.0402. The summed E-state index contributed by atoms with van der Waals surface area (Å²) in [4.78, 5) is 11.6. The lowest BCUT2D eigenvalue weighted by molar-refractivity contribution is -0.129. The average molecular weight is 184 g/mol. The SMILES string of the molecule is CCOC(C)C(=O)C1=CCCCO1. The third kappa shape index (κ3) is 2.84. The van der Waals surface area contributed by atoms with Gasteiger partial charge in [-0.15, -0.1) is 0 Å². The van der Waals surface area contributed by atoms with E-state index in [9.17, 15) is 4.79 Å². The van der Waals surface area contributed by atoms with Gasteiger partial charge in [-0.1, -0.05) is 0 Å². The molecule has 1 unspecified atom stereocenters. The van der Waals surface area contributed by atoms with Crippen LogP contribution in [0.5, 0.6) is 0 Å². The highest BCUT2D eigenvalue weighted by atomic mass is 16.5. The molecule has 1 aliphatic heterocycles. The number of hydrogen-bond acceptors (Lipinski definition) is 3. The Labute approximate surface area is 78.7 Å². The van der Waals surface area contributed by atoms with Gasteiger partial charge in [-0.2, -0.15) is 0 Å². The van der Waals surface area contributed by atoms with Gasteiger partial charge in [-0.3, -0.25) is 4.79 Å². The lowest BCUT2D eigenvalue weighted by atomic mass is 10.1. The van der Waals surface area contributed by atoms with Crippen LogP contribution in [-0.4, -0.2) is 25.1 Å². The third-order valence-corrected chi connectivity index (χ3v) is 1.96. The standard InChI is InChI=1S/C10H16O3/c1-3-12-8(2)10(11)9-6-4-5-7-13-9/h6,8H,3-5,7H2,1-2H3. The van der Waals surface area contributed by atoms with Crippen molar-refractivity contribution in [2.75, 3.05) is 13.2 Å². The molecule has 3 nitrogen and oxygen atoms in total. The van der Waals surface area contributed by atoms with Gasteiger partial charge in [0.15, 0.2) is 5.76 Å². The van der Waals surface area contributed by atoms with E-state index >= 15 is 0 Å². The van der Waals surface area contributed by atoms with Gasteiger partial charge in [0, 0.05) is 6.61 Å². The first kappa shape index (κ1) is 10.3. The monoisotopic (exact) mass is 184 g/mol. The number of carbonyl (C=O) groups is 1. The van der Waals surface area contributed by atoms with Crippen LogP contribution in [0.2, 0.25) is 0 Å². The second kappa shape index (κ2) is 5.02. The largest absolute Gasteiger partial charge is 0.490 e. The van der Waals surface area contributed by atoms with Crippen LogP contribution >= 0.6 is 0 Å². The molecule has 0 aromatic carbocycles. The van der Waals surface area contributed by atoms with E-state index in [1.54, 1.807) is 6.92 Å². The van der Waals surface area contributed by atoms with E-state index in [4.69, 9.17) is 9.47 Å². The zero-order chi connectivity index (χ0) is 9.68. The smallest absolute Gasteiger partial charge is 0.225 e. The molecule has 1 atom stereocenters. The Morgan fingerprint density at radius 1 is 1.77 bits per heavy atom. The first-order chi connectivity index (χ1) is 6.25. The molecule has 0 aromatic heterocycles. The van der Waals surface area contributed by atoms with Gasteiger partial charge < -0.3 is 9.47 Å². The quantitative estimate of drug-likeness (QED) is 0.666. The Kier molecular flexibility index (Phi) is 3.96. The second-order valence-electron chi connectivity index (χ2n) is 3.02. The molecule has 0 radical (unpaired) electrons. The highest BCUT2D eigenvalue weighted by molar-refractivity contribution is 5.96. The maximum atomic E-state index is 11.6. The normalized spacial score (nSPS) is 18.8. The van der Waals surface area contributed by atoms with E-state index in [2.05, 4.69) is 0 Å². The molecule has 13 heavy (non-hydrogen) atoms. The maximum absolute atomic E-state index is 11.6. The number of ketones is 1. The van der Waals surface area contributed by atoms with Crippen molar-refractivity contribution in [3.05, 3.63) is 11.8 Å². The van der Waals surface area contributed by atoms with Crippen molar-refractivity contribution >= 4 is 5.78 Å². The first-order valence-electron chi connectivity index (χ1n) is 4.74. The highest BCUT2D eigenvalue weighted by Crippen LogP contribution is 2.13. The summed E-state index contributed by atoms with van der Waals surface area (Å²) >= 11 is 0. The van der Waals surface area contributed by atoms with Gasteiger partial charge in [0.05, 0.1) is 6.61 Å². The van der Waals surface area contributed by atoms with E-state index in [1.165, 1.54) is 0 Å². The molecular weight excluding hydrogens is 168 g/mol. The predicted molar refractivity (Wildman–Crippen MR) is 49.4 cm³/mol. The molecule has 0 bridgehead atoms. The zero-order valence-electron chi connectivity index (χ0n) is 8.21. The molecule has 3 heteroatoms. The Bertz CT molecular complexity index is 208. The second-order valence-corrected chi connectivity index (χ2v) is 3.02. The summed E-state index contributed by atoms with van der Waals surface area (Å²) < 4.78 is 10.4. The molecule has 74 valence electrons. The van der Waals surface area contributed by atoms with Crippen LogP contribution in [0.3, 0.4) is 0 Å². The summed E-state index contributed by atoms with van der Waals surface area (Å²) in [5, 5.41) is 0. The van der Waals surface area contributed by atoms with Crippen LogP contribution in [0.25, 0.3) is 0 Å². The number of rotatable bonds is 4. The average Bonchev–Trinajstić information content (AvgIpc) is 2.18. The lowest BCUT2D eigenvalue weighted by Crippen LogP contribution is -2.25. The fourth-order valence-electron chi connectivity index (χ4n) is 1.26. The predicted octanol–water partition coefficient (Wildman–Crippen LogP) is 1.67. The van der Waals surface area contributed by atoms with Gasteiger partial charge in [-0.25, -0.2) is 0 Å². The number of Topliss-reactive ketones (excluding diaryl/α,β-unsaturated/α-hetero) is 1. The molecule has 0 saturated heterocycles. The van der Waals surface area contributed by atoms with Crippen molar-refractivity contribution in [1.82, 2.24) is 0 Å². The lowest BCUT2D eigenvalue weighted by Gasteiger charge is -2.17. The van der Waals surface area contributed by atoms with E-state index < -0.39 is 0 Å². The van der Waals surface area contributed by atoms with E-state index in [0.29, 0.717) is 19.0 Å². The topological polar surface area (TPSA) is 35.5 Å². The van der Waals surface area contributed by atoms with Crippen molar-refractivity contribution in [3.63, 3.8) is 0 Å². The number of carbonyl (C=O) groups excluding carboxylic acids is 1. The van der Waals surface area contributed by atoms with E-state index in [1.807, 2.05) is 13.0 Å². The van der Waals surface area contributed by atoms with Crippen LogP contribution in [0.4, 0.5) is 0 Å². The van der Waals surface area contributed by atoms with Crippen molar-refractivity contribution < 1.29 is 14.3 Å². The van der Waals surface area contributed by atoms with E-state index in [-0.39, 0.29) is 11.9 Å². The van der Waals surface area contributed by atoms with Crippen LogP contribution in [0, 0.1) is 0 Å². The van der Waals surface area contributed by atoms with Crippen molar-refractivity contribution in [2.24, 2.45) is 0 Å². The van der Waals surface area contributed by atoms with Gasteiger partial charge in [0.2, 0.25) is 5.78 Å². The molecule has 0 spiro atoms. The number of allylic oxidation sites excluding steroid dienone is 1. The fourth-order valence-corrected chi connectivity index (χ4v) is 1.26. The summed E-state index contributed by atoms with van der Waals surface area (Å²) in [5.41, 5.74) is 0. The summed E-state index contributed by atoms with van der Waals surface area (Å²) in [6, 6.07) is 0. The fraction of sp³-hybridized carbons (Fsp3) is 0.700. The van der Waals surface area contributed by atoms with E-state index in [0.717, 1.165) is 12.8 Å². The van der Waals surface area contributed by atoms with Crippen molar-refractivity contribution in [2.45, 2.75) is 32.8 Å². The molecule has 1 heterocycles. The van der Waals surface area contributed by atoms with Gasteiger partial charge >= 0.3 is 0 Å². The maximum Gasteiger partial charge on any atom is 0.225 e. The Balaban J connectivity index is 2.50. The highest BCUT2D eigenvalue weighted by Gasteiger charge is 2.20. The molecule has 0 amide bonds. The first-order valence-corrected chi connectivity index (χ1v) is 4.74.